The van der Waals surface area contributed by atoms with Crippen molar-refractivity contribution < 1.29 is 0 Å². The molecule has 0 unspecified atom stereocenters. The number of hydrogen-bond donors (Lipinski definition) is 2. The second-order valence-electron chi connectivity index (χ2n) is 3.30. The number of anilines is 2. The summed E-state index contributed by atoms with van der Waals surface area (Å²) in [5.74, 6) is 0.313. The van der Waals surface area contributed by atoms with Crippen molar-refractivity contribution in [2.24, 2.45) is 0 Å². The van der Waals surface area contributed by atoms with Crippen LogP contribution in [0.3, 0.4) is 0 Å². The minimum absolute atomic E-state index is 0.313. The first-order valence-electron chi connectivity index (χ1n) is 4.71. The van der Waals surface area contributed by atoms with E-state index in [1.165, 1.54) is 11.8 Å². The van der Waals surface area contributed by atoms with Gasteiger partial charge in [-0.3, -0.25) is 0 Å². The zero-order valence-corrected chi connectivity index (χ0v) is 11.0. The first kappa shape index (κ1) is 12.4. The quantitative estimate of drug-likeness (QED) is 0.883. The van der Waals surface area contributed by atoms with Gasteiger partial charge in [0.2, 0.25) is 0 Å². The van der Waals surface area contributed by atoms with Crippen LogP contribution in [0.15, 0.2) is 40.3 Å². The van der Waals surface area contributed by atoms with E-state index in [-0.39, 0.29) is 0 Å². The predicted octanol–water partition coefficient (Wildman–Crippen LogP) is 3.70. The Morgan fingerprint density at radius 1 is 1.06 bits per heavy atom. The Hall–Kier alpha value is -1.10. The maximum atomic E-state index is 6.05. The Balaban J connectivity index is 2.31. The summed E-state index contributed by atoms with van der Waals surface area (Å²) in [6, 6.07) is 8.76. The van der Waals surface area contributed by atoms with Crippen LogP contribution in [-0.2, 0) is 0 Å². The minimum Gasteiger partial charge on any atom is -0.396 e. The normalized spacial score (nSPS) is 10.5. The number of benzene rings is 1. The van der Waals surface area contributed by atoms with Crippen LogP contribution in [-0.4, -0.2) is 4.98 Å². The fourth-order valence-electron chi connectivity index (χ4n) is 1.19. The lowest BCUT2D eigenvalue weighted by molar-refractivity contribution is 1.15. The van der Waals surface area contributed by atoms with Crippen molar-refractivity contribution in [3.8, 4) is 0 Å². The molecule has 1 aromatic heterocycles. The molecule has 0 radical (unpaired) electrons. The Bertz CT molecular complexity index is 560. The second kappa shape index (κ2) is 5.04. The lowest BCUT2D eigenvalue weighted by Gasteiger charge is -2.05. The van der Waals surface area contributed by atoms with Gasteiger partial charge in [-0.25, -0.2) is 4.98 Å². The lowest BCUT2D eigenvalue weighted by Crippen LogP contribution is -1.97. The molecule has 6 heteroatoms. The van der Waals surface area contributed by atoms with Crippen molar-refractivity contribution in [3.63, 3.8) is 0 Å². The molecule has 17 heavy (non-hydrogen) atoms. The van der Waals surface area contributed by atoms with Gasteiger partial charge in [-0.1, -0.05) is 35.0 Å². The Morgan fingerprint density at radius 2 is 1.82 bits per heavy atom. The molecule has 0 amide bonds. The number of aromatic nitrogens is 1. The summed E-state index contributed by atoms with van der Waals surface area (Å²) in [6.45, 7) is 0. The van der Waals surface area contributed by atoms with Crippen molar-refractivity contribution in [3.05, 3.63) is 40.4 Å². The Kier molecular flexibility index (Phi) is 3.66. The van der Waals surface area contributed by atoms with Gasteiger partial charge in [-0.2, -0.15) is 0 Å². The average molecular weight is 286 g/mol. The predicted molar refractivity (Wildman–Crippen MR) is 73.6 cm³/mol. The largest absolute Gasteiger partial charge is 0.396 e. The molecule has 0 saturated carbocycles. The second-order valence-corrected chi connectivity index (χ2v) is 5.21. The summed E-state index contributed by atoms with van der Waals surface area (Å²) in [5.41, 5.74) is 11.7. The molecule has 1 aromatic carbocycles. The van der Waals surface area contributed by atoms with E-state index in [4.69, 9.17) is 34.7 Å². The molecule has 2 rings (SSSR count). The number of halogens is 2. The Labute approximate surface area is 113 Å². The molecule has 0 atom stereocenters. The summed E-state index contributed by atoms with van der Waals surface area (Å²) in [4.78, 5) is 4.98. The van der Waals surface area contributed by atoms with E-state index in [2.05, 4.69) is 4.98 Å². The molecule has 0 bridgehead atoms. The van der Waals surface area contributed by atoms with Gasteiger partial charge >= 0.3 is 0 Å². The third-order valence-corrected chi connectivity index (χ3v) is 3.71. The van der Waals surface area contributed by atoms with Crippen molar-refractivity contribution >= 4 is 46.5 Å². The molecule has 0 aliphatic rings. The highest BCUT2D eigenvalue weighted by atomic mass is 35.5. The standard InChI is InChI=1S/C11H9Cl2N3S/c12-6-1-2-7(13)9(5-6)17-10-4-3-8(14)11(15)16-10/h1-5H,14H2,(H2,15,16). The van der Waals surface area contributed by atoms with Crippen LogP contribution in [0.5, 0.6) is 0 Å². The van der Waals surface area contributed by atoms with E-state index >= 15 is 0 Å². The molecule has 4 N–H and O–H groups in total. The monoisotopic (exact) mass is 285 g/mol. The molecular weight excluding hydrogens is 277 g/mol. The first-order chi connectivity index (χ1) is 8.06. The van der Waals surface area contributed by atoms with Gasteiger partial charge in [-0.15, -0.1) is 0 Å². The van der Waals surface area contributed by atoms with E-state index in [1.807, 2.05) is 0 Å². The maximum absolute atomic E-state index is 6.05. The lowest BCUT2D eigenvalue weighted by atomic mass is 10.4. The molecule has 1 heterocycles. The summed E-state index contributed by atoms with van der Waals surface area (Å²) >= 11 is 13.3. The summed E-state index contributed by atoms with van der Waals surface area (Å²) < 4.78 is 0. The molecule has 0 aliphatic carbocycles. The van der Waals surface area contributed by atoms with Crippen molar-refractivity contribution in [2.75, 3.05) is 11.5 Å². The number of rotatable bonds is 2. The Morgan fingerprint density at radius 3 is 2.53 bits per heavy atom. The SMILES string of the molecule is Nc1ccc(Sc2cc(Cl)ccc2Cl)nc1N. The van der Waals surface area contributed by atoms with Crippen molar-refractivity contribution in [1.82, 2.24) is 4.98 Å². The average Bonchev–Trinajstić information content (AvgIpc) is 2.29. The fraction of sp³-hybridized carbons (Fsp3) is 0. The smallest absolute Gasteiger partial charge is 0.147 e. The zero-order chi connectivity index (χ0) is 12.4. The minimum atomic E-state index is 0.313. The van der Waals surface area contributed by atoms with Crippen LogP contribution in [0.4, 0.5) is 11.5 Å². The van der Waals surface area contributed by atoms with Crippen LogP contribution < -0.4 is 11.5 Å². The van der Waals surface area contributed by atoms with Gasteiger partial charge in [0.05, 0.1) is 10.7 Å². The van der Waals surface area contributed by atoms with Crippen LogP contribution in [0.25, 0.3) is 0 Å². The highest BCUT2D eigenvalue weighted by Crippen LogP contribution is 2.34. The summed E-state index contributed by atoms with van der Waals surface area (Å²) in [6.07, 6.45) is 0. The van der Waals surface area contributed by atoms with E-state index in [9.17, 15) is 0 Å². The van der Waals surface area contributed by atoms with E-state index < -0.39 is 0 Å². The van der Waals surface area contributed by atoms with Gasteiger partial charge in [0.1, 0.15) is 10.8 Å². The van der Waals surface area contributed by atoms with Gasteiger partial charge in [0.15, 0.2) is 0 Å². The van der Waals surface area contributed by atoms with Gasteiger partial charge < -0.3 is 11.5 Å². The molecule has 0 aliphatic heterocycles. The number of pyridine rings is 1. The van der Waals surface area contributed by atoms with Crippen molar-refractivity contribution in [1.29, 1.82) is 0 Å². The van der Waals surface area contributed by atoms with Crippen LogP contribution in [0.1, 0.15) is 0 Å². The summed E-state index contributed by atoms with van der Waals surface area (Å²) in [5, 5.41) is 1.97. The number of hydrogen-bond acceptors (Lipinski definition) is 4. The highest BCUT2D eigenvalue weighted by Gasteiger charge is 2.06. The number of nitrogens with zero attached hydrogens (tertiary/aromatic N) is 1. The van der Waals surface area contributed by atoms with Crippen LogP contribution in [0.2, 0.25) is 10.0 Å². The summed E-state index contributed by atoms with van der Waals surface area (Å²) in [7, 11) is 0. The molecule has 0 fully saturated rings. The molecule has 3 nitrogen and oxygen atoms in total. The zero-order valence-electron chi connectivity index (χ0n) is 8.65. The number of nitrogens with two attached hydrogens (primary N) is 2. The molecule has 88 valence electrons. The van der Waals surface area contributed by atoms with Crippen molar-refractivity contribution in [2.45, 2.75) is 9.92 Å². The topological polar surface area (TPSA) is 64.9 Å². The molecular formula is C11H9Cl2N3S. The van der Waals surface area contributed by atoms with Gasteiger partial charge in [0.25, 0.3) is 0 Å². The van der Waals surface area contributed by atoms with E-state index in [0.717, 1.165) is 9.92 Å². The van der Waals surface area contributed by atoms with Gasteiger partial charge in [-0.05, 0) is 30.3 Å². The fourth-order valence-corrected chi connectivity index (χ4v) is 2.52. The van der Waals surface area contributed by atoms with Gasteiger partial charge in [0, 0.05) is 9.92 Å². The third kappa shape index (κ3) is 2.97. The maximum Gasteiger partial charge on any atom is 0.147 e. The highest BCUT2D eigenvalue weighted by molar-refractivity contribution is 7.99. The van der Waals surface area contributed by atoms with Crippen LogP contribution >= 0.6 is 35.0 Å². The third-order valence-electron chi connectivity index (χ3n) is 2.04. The molecule has 2 aromatic rings. The van der Waals surface area contributed by atoms with Crippen LogP contribution in [0, 0.1) is 0 Å². The molecule has 0 spiro atoms. The number of nitrogen functional groups attached to an aromatic ring is 2. The molecule has 0 saturated heterocycles. The van der Waals surface area contributed by atoms with E-state index in [1.54, 1.807) is 30.3 Å². The van der Waals surface area contributed by atoms with E-state index in [0.29, 0.717) is 21.6 Å². The first-order valence-corrected chi connectivity index (χ1v) is 6.28.